The van der Waals surface area contributed by atoms with E-state index in [9.17, 15) is 0 Å². The second-order valence-electron chi connectivity index (χ2n) is 2.87. The molecule has 0 spiro atoms. The van der Waals surface area contributed by atoms with Crippen LogP contribution in [0.15, 0.2) is 42.7 Å². The van der Waals surface area contributed by atoms with Crippen molar-refractivity contribution in [1.82, 2.24) is 0 Å². The molecular formula is C11H14O2. The SMILES string of the molecule is C[C@@H](O)C=COCc1ccccc1. The van der Waals surface area contributed by atoms with Gasteiger partial charge in [-0.05, 0) is 18.6 Å². The molecule has 2 nitrogen and oxygen atoms in total. The van der Waals surface area contributed by atoms with Gasteiger partial charge in [0.15, 0.2) is 0 Å². The number of hydrogen-bond donors (Lipinski definition) is 1. The maximum atomic E-state index is 8.88. The molecule has 0 saturated heterocycles. The van der Waals surface area contributed by atoms with Crippen molar-refractivity contribution < 1.29 is 9.84 Å². The van der Waals surface area contributed by atoms with Gasteiger partial charge in [0.1, 0.15) is 6.61 Å². The molecule has 70 valence electrons. The maximum absolute atomic E-state index is 8.88. The highest BCUT2D eigenvalue weighted by Gasteiger charge is 1.88. The average Bonchev–Trinajstić information content (AvgIpc) is 2.14. The van der Waals surface area contributed by atoms with Gasteiger partial charge in [-0.2, -0.15) is 0 Å². The van der Waals surface area contributed by atoms with Crippen LogP contribution in [0, 0.1) is 0 Å². The summed E-state index contributed by atoms with van der Waals surface area (Å²) in [6.07, 6.45) is 2.68. The van der Waals surface area contributed by atoms with E-state index in [0.29, 0.717) is 6.61 Å². The molecule has 0 aliphatic carbocycles. The zero-order valence-corrected chi connectivity index (χ0v) is 7.68. The van der Waals surface area contributed by atoms with Gasteiger partial charge in [-0.1, -0.05) is 30.3 Å². The van der Waals surface area contributed by atoms with E-state index in [1.54, 1.807) is 13.0 Å². The largest absolute Gasteiger partial charge is 0.497 e. The average molecular weight is 178 g/mol. The Morgan fingerprint density at radius 3 is 2.69 bits per heavy atom. The van der Waals surface area contributed by atoms with E-state index in [1.807, 2.05) is 30.3 Å². The van der Waals surface area contributed by atoms with Crippen molar-refractivity contribution in [3.63, 3.8) is 0 Å². The molecule has 0 aromatic heterocycles. The predicted molar refractivity (Wildman–Crippen MR) is 52.1 cm³/mol. The molecule has 0 unspecified atom stereocenters. The highest BCUT2D eigenvalue weighted by molar-refractivity contribution is 5.13. The molecule has 1 aromatic rings. The van der Waals surface area contributed by atoms with Gasteiger partial charge in [0.05, 0.1) is 12.4 Å². The number of aliphatic hydroxyl groups excluding tert-OH is 1. The van der Waals surface area contributed by atoms with Crippen molar-refractivity contribution in [2.75, 3.05) is 0 Å². The molecule has 0 fully saturated rings. The normalized spacial score (nSPS) is 13.1. The van der Waals surface area contributed by atoms with Crippen LogP contribution in [0.25, 0.3) is 0 Å². The summed E-state index contributed by atoms with van der Waals surface area (Å²) in [6.45, 7) is 2.23. The second kappa shape index (κ2) is 5.38. The molecule has 0 amide bonds. The van der Waals surface area contributed by atoms with Crippen molar-refractivity contribution in [1.29, 1.82) is 0 Å². The predicted octanol–water partition coefficient (Wildman–Crippen LogP) is 2.10. The van der Waals surface area contributed by atoms with Crippen LogP contribution >= 0.6 is 0 Å². The Bertz CT molecular complexity index is 252. The number of hydrogen-bond acceptors (Lipinski definition) is 2. The molecule has 0 aliphatic rings. The Morgan fingerprint density at radius 2 is 2.08 bits per heavy atom. The van der Waals surface area contributed by atoms with E-state index in [2.05, 4.69) is 0 Å². The van der Waals surface area contributed by atoms with Crippen molar-refractivity contribution >= 4 is 0 Å². The minimum Gasteiger partial charge on any atom is -0.497 e. The van der Waals surface area contributed by atoms with Gasteiger partial charge in [-0.25, -0.2) is 0 Å². The quantitative estimate of drug-likeness (QED) is 0.715. The van der Waals surface area contributed by atoms with Gasteiger partial charge >= 0.3 is 0 Å². The van der Waals surface area contributed by atoms with Crippen LogP contribution in [-0.4, -0.2) is 11.2 Å². The fourth-order valence-corrected chi connectivity index (χ4v) is 0.888. The van der Waals surface area contributed by atoms with Gasteiger partial charge in [0.25, 0.3) is 0 Å². The number of rotatable bonds is 4. The molecule has 1 aromatic carbocycles. The Balaban J connectivity index is 2.28. The highest BCUT2D eigenvalue weighted by atomic mass is 16.5. The Hall–Kier alpha value is -1.28. The first-order valence-electron chi connectivity index (χ1n) is 4.29. The lowest BCUT2D eigenvalue weighted by molar-refractivity contribution is 0.213. The lowest BCUT2D eigenvalue weighted by atomic mass is 10.2. The smallest absolute Gasteiger partial charge is 0.112 e. The zero-order valence-electron chi connectivity index (χ0n) is 7.68. The first-order valence-corrected chi connectivity index (χ1v) is 4.29. The van der Waals surface area contributed by atoms with Gasteiger partial charge in [0, 0.05) is 0 Å². The van der Waals surface area contributed by atoms with Crippen molar-refractivity contribution in [2.24, 2.45) is 0 Å². The third-order valence-electron chi connectivity index (χ3n) is 1.55. The van der Waals surface area contributed by atoms with Gasteiger partial charge in [0.2, 0.25) is 0 Å². The fraction of sp³-hybridized carbons (Fsp3) is 0.273. The Morgan fingerprint density at radius 1 is 1.38 bits per heavy atom. The van der Waals surface area contributed by atoms with Crippen LogP contribution in [0.4, 0.5) is 0 Å². The standard InChI is InChI=1S/C11H14O2/c1-10(12)7-8-13-9-11-5-3-2-4-6-11/h2-8,10,12H,9H2,1H3/t10-/m1/s1. The maximum Gasteiger partial charge on any atom is 0.112 e. The molecule has 0 saturated carbocycles. The topological polar surface area (TPSA) is 29.5 Å². The van der Waals surface area contributed by atoms with E-state index in [4.69, 9.17) is 9.84 Å². The van der Waals surface area contributed by atoms with Crippen LogP contribution in [0.3, 0.4) is 0 Å². The fourth-order valence-electron chi connectivity index (χ4n) is 0.888. The molecule has 2 heteroatoms. The summed E-state index contributed by atoms with van der Waals surface area (Å²) in [6, 6.07) is 9.90. The summed E-state index contributed by atoms with van der Waals surface area (Å²) in [5.74, 6) is 0. The summed E-state index contributed by atoms with van der Waals surface area (Å²) in [7, 11) is 0. The first-order chi connectivity index (χ1) is 6.29. The lowest BCUT2D eigenvalue weighted by Crippen LogP contribution is -1.93. The van der Waals surface area contributed by atoms with Gasteiger partial charge in [-0.3, -0.25) is 0 Å². The Labute approximate surface area is 78.5 Å². The minimum absolute atomic E-state index is 0.448. The summed E-state index contributed by atoms with van der Waals surface area (Å²) in [5, 5.41) is 8.88. The van der Waals surface area contributed by atoms with Crippen LogP contribution in [0.2, 0.25) is 0 Å². The van der Waals surface area contributed by atoms with E-state index in [-0.39, 0.29) is 0 Å². The molecular weight excluding hydrogens is 164 g/mol. The third kappa shape index (κ3) is 4.33. The number of ether oxygens (including phenoxy) is 1. The molecule has 0 bridgehead atoms. The molecule has 1 atom stereocenters. The summed E-state index contributed by atoms with van der Waals surface area (Å²) >= 11 is 0. The number of aliphatic hydroxyl groups is 1. The third-order valence-corrected chi connectivity index (χ3v) is 1.55. The first kappa shape index (κ1) is 9.81. The summed E-state index contributed by atoms with van der Waals surface area (Å²) in [5.41, 5.74) is 1.12. The molecule has 0 aliphatic heterocycles. The van der Waals surface area contributed by atoms with E-state index in [1.165, 1.54) is 6.26 Å². The molecule has 0 heterocycles. The molecule has 1 N–H and O–H groups in total. The molecule has 13 heavy (non-hydrogen) atoms. The monoisotopic (exact) mass is 178 g/mol. The zero-order chi connectivity index (χ0) is 9.52. The second-order valence-corrected chi connectivity index (χ2v) is 2.87. The van der Waals surface area contributed by atoms with Crippen LogP contribution in [0.1, 0.15) is 12.5 Å². The van der Waals surface area contributed by atoms with Crippen molar-refractivity contribution in [2.45, 2.75) is 19.6 Å². The van der Waals surface area contributed by atoms with Gasteiger partial charge < -0.3 is 9.84 Å². The van der Waals surface area contributed by atoms with Crippen molar-refractivity contribution in [3.05, 3.63) is 48.2 Å². The van der Waals surface area contributed by atoms with E-state index < -0.39 is 6.10 Å². The van der Waals surface area contributed by atoms with E-state index in [0.717, 1.165) is 5.56 Å². The number of benzene rings is 1. The van der Waals surface area contributed by atoms with Crippen LogP contribution in [-0.2, 0) is 11.3 Å². The van der Waals surface area contributed by atoms with Gasteiger partial charge in [-0.15, -0.1) is 0 Å². The molecule has 1 rings (SSSR count). The van der Waals surface area contributed by atoms with Crippen LogP contribution < -0.4 is 0 Å². The molecule has 0 radical (unpaired) electrons. The van der Waals surface area contributed by atoms with Crippen molar-refractivity contribution in [3.8, 4) is 0 Å². The van der Waals surface area contributed by atoms with E-state index >= 15 is 0 Å². The van der Waals surface area contributed by atoms with Crippen LogP contribution in [0.5, 0.6) is 0 Å². The highest BCUT2D eigenvalue weighted by Crippen LogP contribution is 2.00. The Kier molecular flexibility index (Phi) is 4.06. The summed E-state index contributed by atoms with van der Waals surface area (Å²) < 4.78 is 5.19. The lowest BCUT2D eigenvalue weighted by Gasteiger charge is -2.00. The summed E-state index contributed by atoms with van der Waals surface area (Å²) in [4.78, 5) is 0. The minimum atomic E-state index is -0.448.